The van der Waals surface area contributed by atoms with Crippen molar-refractivity contribution in [3.63, 3.8) is 0 Å². The predicted molar refractivity (Wildman–Crippen MR) is 214 cm³/mol. The second kappa shape index (κ2) is 46.8. The van der Waals surface area contributed by atoms with E-state index in [4.69, 9.17) is 48.1 Å². The molecule has 5 rings (SSSR count). The first kappa shape index (κ1) is 53.7. The van der Waals surface area contributed by atoms with Gasteiger partial charge in [0, 0.05) is 39.6 Å². The first-order chi connectivity index (χ1) is 25.5. The van der Waals surface area contributed by atoms with Gasteiger partial charge in [-0.1, -0.05) is 116 Å². The molecule has 0 spiro atoms. The Morgan fingerprint density at radius 1 is 0.365 bits per heavy atom. The summed E-state index contributed by atoms with van der Waals surface area (Å²) in [5.74, 6) is 0. The van der Waals surface area contributed by atoms with E-state index in [2.05, 4.69) is 0 Å². The highest BCUT2D eigenvalue weighted by atomic mass is 16.6. The third-order valence-corrected chi connectivity index (χ3v) is 8.38. The van der Waals surface area contributed by atoms with Gasteiger partial charge in [0.1, 0.15) is 24.4 Å². The average Bonchev–Trinajstić information content (AvgIpc) is 4.16. The summed E-state index contributed by atoms with van der Waals surface area (Å²) in [7, 11) is 0. The van der Waals surface area contributed by atoms with Crippen LogP contribution in [-0.2, 0) is 37.9 Å². The van der Waals surface area contributed by atoms with E-state index < -0.39 is 12.2 Å². The zero-order valence-corrected chi connectivity index (χ0v) is 35.1. The molecule has 10 heteroatoms. The monoisotopic (exact) mass is 753 g/mol. The lowest BCUT2D eigenvalue weighted by atomic mass is 10.0. The number of ether oxygens (including phenoxy) is 8. The molecule has 0 aromatic rings. The van der Waals surface area contributed by atoms with Gasteiger partial charge in [-0.3, -0.25) is 0 Å². The molecule has 2 unspecified atom stereocenters. The average molecular weight is 753 g/mol. The minimum absolute atomic E-state index is 0.372. The van der Waals surface area contributed by atoms with E-state index >= 15 is 0 Å². The molecule has 2 heterocycles. The number of aliphatic hydroxyl groups excluding tert-OH is 2. The van der Waals surface area contributed by atoms with Crippen LogP contribution >= 0.6 is 0 Å². The van der Waals surface area contributed by atoms with E-state index in [1.54, 1.807) is 0 Å². The third-order valence-electron chi connectivity index (χ3n) is 8.38. The maximum atomic E-state index is 9.06. The molecule has 2 aliphatic heterocycles. The second-order valence-electron chi connectivity index (χ2n) is 13.5. The van der Waals surface area contributed by atoms with Crippen LogP contribution < -0.4 is 0 Å². The first-order valence-electron chi connectivity index (χ1n) is 21.5. The highest BCUT2D eigenvalue weighted by molar-refractivity contribution is 4.67. The lowest BCUT2D eigenvalue weighted by Crippen LogP contribution is -2.21. The molecular formula is C42H88O10. The molecule has 0 radical (unpaired) electrons. The van der Waals surface area contributed by atoms with Gasteiger partial charge < -0.3 is 48.1 Å². The van der Waals surface area contributed by atoms with Crippen molar-refractivity contribution in [1.82, 2.24) is 0 Å². The Kier molecular flexibility index (Phi) is 48.3. The Balaban J connectivity index is 0. The van der Waals surface area contributed by atoms with Gasteiger partial charge in [0.05, 0.1) is 52.9 Å². The van der Waals surface area contributed by atoms with E-state index in [1.807, 2.05) is 41.5 Å². The molecule has 52 heavy (non-hydrogen) atoms. The van der Waals surface area contributed by atoms with Crippen molar-refractivity contribution in [2.24, 2.45) is 0 Å². The maximum Gasteiger partial charge on any atom is 0.104 e. The van der Waals surface area contributed by atoms with Crippen LogP contribution in [0.2, 0.25) is 0 Å². The molecule has 0 amide bonds. The Morgan fingerprint density at radius 2 is 0.538 bits per heavy atom. The largest absolute Gasteiger partial charge is 0.388 e. The SMILES string of the molecule is C1CCCCC1.C1CCCCC1.C1CCCCC1.CCOCC(O)COCC.CCOCC(O)COCC.CCOCC1CO1.CCOCC1CO1. The molecule has 316 valence electrons. The van der Waals surface area contributed by atoms with Crippen LogP contribution in [0.25, 0.3) is 0 Å². The molecule has 5 fully saturated rings. The fourth-order valence-corrected chi connectivity index (χ4v) is 5.12. The van der Waals surface area contributed by atoms with Crippen LogP contribution in [0.3, 0.4) is 0 Å². The lowest BCUT2D eigenvalue weighted by molar-refractivity contribution is -0.0132. The zero-order chi connectivity index (χ0) is 38.6. The molecule has 0 bridgehead atoms. The van der Waals surface area contributed by atoms with E-state index in [0.717, 1.165) is 39.6 Å². The van der Waals surface area contributed by atoms with Crippen molar-refractivity contribution < 1.29 is 48.1 Å². The number of rotatable bonds is 18. The molecule has 0 aromatic carbocycles. The highest BCUT2D eigenvalue weighted by Gasteiger charge is 2.22. The number of hydrogen-bond acceptors (Lipinski definition) is 10. The van der Waals surface area contributed by atoms with Crippen LogP contribution in [0.1, 0.15) is 157 Å². The van der Waals surface area contributed by atoms with Gasteiger partial charge in [-0.15, -0.1) is 0 Å². The number of epoxide rings is 2. The van der Waals surface area contributed by atoms with Gasteiger partial charge in [0.25, 0.3) is 0 Å². The molecule has 2 N–H and O–H groups in total. The lowest BCUT2D eigenvalue weighted by Gasteiger charge is -2.09. The molecule has 3 aliphatic carbocycles. The number of hydrogen-bond donors (Lipinski definition) is 2. The minimum atomic E-state index is -0.472. The number of aliphatic hydroxyl groups is 2. The quantitative estimate of drug-likeness (QED) is 0.132. The van der Waals surface area contributed by atoms with E-state index in [9.17, 15) is 0 Å². The van der Waals surface area contributed by atoms with Crippen LogP contribution in [0.5, 0.6) is 0 Å². The fraction of sp³-hybridized carbons (Fsp3) is 1.00. The van der Waals surface area contributed by atoms with Crippen molar-refractivity contribution in [2.75, 3.05) is 92.5 Å². The molecule has 10 nitrogen and oxygen atoms in total. The van der Waals surface area contributed by atoms with E-state index in [1.165, 1.54) is 116 Å². The van der Waals surface area contributed by atoms with Gasteiger partial charge >= 0.3 is 0 Å². The van der Waals surface area contributed by atoms with Gasteiger partial charge in [-0.25, -0.2) is 0 Å². The van der Waals surface area contributed by atoms with Crippen LogP contribution in [0.4, 0.5) is 0 Å². The van der Waals surface area contributed by atoms with E-state index in [-0.39, 0.29) is 0 Å². The fourth-order valence-electron chi connectivity index (χ4n) is 5.12. The molecule has 3 saturated carbocycles. The minimum Gasteiger partial charge on any atom is -0.388 e. The summed E-state index contributed by atoms with van der Waals surface area (Å²) in [4.78, 5) is 0. The normalized spacial score (nSPS) is 20.0. The topological polar surface area (TPSA) is 121 Å². The standard InChI is InChI=1S/2C7H16O3.3C6H12.2C5H10O2/c2*1-3-9-5-7(8)6-10-4-2;3*1-2-4-6-5-3-1;2*1-2-6-3-5-4-7-5/h2*7-8H,3-6H2,1-2H3;3*1-6H2;2*5H,2-4H2,1H3. The Hall–Kier alpha value is -0.400. The maximum absolute atomic E-state index is 9.06. The Labute approximate surface area is 321 Å². The van der Waals surface area contributed by atoms with Crippen molar-refractivity contribution in [3.8, 4) is 0 Å². The van der Waals surface area contributed by atoms with Crippen molar-refractivity contribution >= 4 is 0 Å². The summed E-state index contributed by atoms with van der Waals surface area (Å²) in [6.45, 7) is 20.6. The first-order valence-corrected chi connectivity index (χ1v) is 21.5. The summed E-state index contributed by atoms with van der Waals surface area (Å²) in [6.07, 6.45) is 26.9. The van der Waals surface area contributed by atoms with Crippen molar-refractivity contribution in [3.05, 3.63) is 0 Å². The van der Waals surface area contributed by atoms with Gasteiger partial charge in [-0.2, -0.15) is 0 Å². The Morgan fingerprint density at radius 3 is 0.673 bits per heavy atom. The summed E-state index contributed by atoms with van der Waals surface area (Å²) in [5.41, 5.74) is 0. The third kappa shape index (κ3) is 51.7. The van der Waals surface area contributed by atoms with Crippen LogP contribution in [0, 0.1) is 0 Å². The molecule has 2 atom stereocenters. The van der Waals surface area contributed by atoms with Gasteiger partial charge in [0.2, 0.25) is 0 Å². The van der Waals surface area contributed by atoms with Crippen molar-refractivity contribution in [2.45, 2.75) is 182 Å². The summed E-state index contributed by atoms with van der Waals surface area (Å²) in [5, 5.41) is 18.1. The second-order valence-corrected chi connectivity index (χ2v) is 13.5. The zero-order valence-electron chi connectivity index (χ0n) is 35.1. The van der Waals surface area contributed by atoms with Gasteiger partial charge in [-0.05, 0) is 41.5 Å². The smallest absolute Gasteiger partial charge is 0.104 e. The van der Waals surface area contributed by atoms with E-state index in [0.29, 0.717) is 65.1 Å². The van der Waals surface area contributed by atoms with Crippen LogP contribution in [-0.4, -0.2) is 127 Å². The molecule has 0 aromatic heterocycles. The summed E-state index contributed by atoms with van der Waals surface area (Å²) < 4.78 is 39.7. The summed E-state index contributed by atoms with van der Waals surface area (Å²) in [6, 6.07) is 0. The Bertz CT molecular complexity index is 497. The highest BCUT2D eigenvalue weighted by Crippen LogP contribution is 2.16. The van der Waals surface area contributed by atoms with Gasteiger partial charge in [0.15, 0.2) is 0 Å². The van der Waals surface area contributed by atoms with Crippen LogP contribution in [0.15, 0.2) is 0 Å². The predicted octanol–water partition coefficient (Wildman–Crippen LogP) is 8.71. The summed E-state index contributed by atoms with van der Waals surface area (Å²) >= 11 is 0. The van der Waals surface area contributed by atoms with Crippen molar-refractivity contribution in [1.29, 1.82) is 0 Å². The molecule has 2 saturated heterocycles. The molecule has 5 aliphatic rings. The molecular weight excluding hydrogens is 664 g/mol.